The number of fused-ring (bicyclic) bond motifs is 3. The number of rotatable bonds is 1. The molecule has 0 aromatic carbocycles. The van der Waals surface area contributed by atoms with Gasteiger partial charge in [0.15, 0.2) is 0 Å². The van der Waals surface area contributed by atoms with Gasteiger partial charge in [-0.05, 0) is 31.7 Å². The van der Waals surface area contributed by atoms with Crippen LogP contribution in [-0.4, -0.2) is 46.0 Å². The first-order chi connectivity index (χ1) is 11.6. The molecule has 2 saturated heterocycles. The first-order valence-electron chi connectivity index (χ1n) is 8.48. The van der Waals surface area contributed by atoms with Crippen molar-refractivity contribution in [1.82, 2.24) is 20.4 Å². The Hall–Kier alpha value is -2.44. The Balaban J connectivity index is 1.58. The van der Waals surface area contributed by atoms with E-state index in [0.717, 1.165) is 41.5 Å². The molecule has 124 valence electrons. The number of likely N-dealkylation sites (tertiary alicyclic amines) is 1. The predicted molar refractivity (Wildman–Crippen MR) is 84.5 cm³/mol. The zero-order valence-electron chi connectivity index (χ0n) is 13.5. The summed E-state index contributed by atoms with van der Waals surface area (Å²) in [6, 6.07) is 0.0930. The second-order valence-corrected chi connectivity index (χ2v) is 7.06. The zero-order chi connectivity index (χ0) is 16.4. The second-order valence-electron chi connectivity index (χ2n) is 7.06. The highest BCUT2D eigenvalue weighted by molar-refractivity contribution is 6.07. The standard InChI is InChI=1S/C17H18N4O3/c1-8-14-15(10-3-2-4-11(10)19-16(14)24-20-8)17(23)21-6-9-5-13(22)18-12(9)7-21/h9,12H,2-7H2,1H3,(H,18,22)/t9-,12+/m0/s1. The van der Waals surface area contributed by atoms with Gasteiger partial charge in [0.1, 0.15) is 0 Å². The Morgan fingerprint density at radius 2 is 2.21 bits per heavy atom. The van der Waals surface area contributed by atoms with Crippen molar-refractivity contribution in [1.29, 1.82) is 0 Å². The fraction of sp³-hybridized carbons (Fsp3) is 0.529. The molecule has 4 heterocycles. The van der Waals surface area contributed by atoms with Crippen molar-refractivity contribution in [2.75, 3.05) is 13.1 Å². The Morgan fingerprint density at radius 1 is 1.33 bits per heavy atom. The number of hydrogen-bond donors (Lipinski definition) is 1. The van der Waals surface area contributed by atoms with Crippen LogP contribution in [0.15, 0.2) is 4.52 Å². The molecule has 0 saturated carbocycles. The Morgan fingerprint density at radius 3 is 3.04 bits per heavy atom. The van der Waals surface area contributed by atoms with Crippen LogP contribution < -0.4 is 5.32 Å². The fourth-order valence-corrected chi connectivity index (χ4v) is 4.42. The summed E-state index contributed by atoms with van der Waals surface area (Å²) in [6.07, 6.45) is 3.29. The number of carbonyl (C=O) groups is 2. The summed E-state index contributed by atoms with van der Waals surface area (Å²) in [5.41, 5.74) is 3.92. The minimum absolute atomic E-state index is 0.0236. The Bertz CT molecular complexity index is 872. The van der Waals surface area contributed by atoms with Crippen molar-refractivity contribution >= 4 is 22.9 Å². The molecule has 7 heteroatoms. The minimum Gasteiger partial charge on any atom is -0.351 e. The van der Waals surface area contributed by atoms with Crippen LogP contribution in [0.4, 0.5) is 0 Å². The second kappa shape index (κ2) is 4.78. The van der Waals surface area contributed by atoms with Crippen LogP contribution in [-0.2, 0) is 17.6 Å². The summed E-state index contributed by atoms with van der Waals surface area (Å²) in [7, 11) is 0. The van der Waals surface area contributed by atoms with Gasteiger partial charge in [-0.15, -0.1) is 0 Å². The van der Waals surface area contributed by atoms with E-state index in [-0.39, 0.29) is 23.8 Å². The van der Waals surface area contributed by atoms with Gasteiger partial charge in [0.2, 0.25) is 5.91 Å². The van der Waals surface area contributed by atoms with Crippen LogP contribution in [0.5, 0.6) is 0 Å². The number of carbonyl (C=O) groups excluding carboxylic acids is 2. The van der Waals surface area contributed by atoms with E-state index < -0.39 is 0 Å². The smallest absolute Gasteiger partial charge is 0.259 e. The van der Waals surface area contributed by atoms with Gasteiger partial charge in [-0.2, -0.15) is 0 Å². The maximum Gasteiger partial charge on any atom is 0.259 e. The van der Waals surface area contributed by atoms with E-state index in [4.69, 9.17) is 4.52 Å². The molecule has 1 N–H and O–H groups in total. The summed E-state index contributed by atoms with van der Waals surface area (Å²) >= 11 is 0. The van der Waals surface area contributed by atoms with Crippen molar-refractivity contribution in [3.63, 3.8) is 0 Å². The average Bonchev–Trinajstić information content (AvgIpc) is 3.28. The third kappa shape index (κ3) is 1.84. The van der Waals surface area contributed by atoms with E-state index in [1.807, 2.05) is 11.8 Å². The first-order valence-corrected chi connectivity index (χ1v) is 8.48. The lowest BCUT2D eigenvalue weighted by molar-refractivity contribution is -0.119. The molecule has 2 aromatic heterocycles. The van der Waals surface area contributed by atoms with Crippen molar-refractivity contribution in [2.24, 2.45) is 5.92 Å². The maximum absolute atomic E-state index is 13.3. The Kier molecular flexibility index (Phi) is 2.78. The molecule has 24 heavy (non-hydrogen) atoms. The normalized spacial score (nSPS) is 25.2. The molecule has 0 spiro atoms. The third-order valence-electron chi connectivity index (χ3n) is 5.56. The monoisotopic (exact) mass is 326 g/mol. The first kappa shape index (κ1) is 13.9. The predicted octanol–water partition coefficient (Wildman–Crippen LogP) is 0.980. The molecule has 3 aliphatic rings. The highest BCUT2D eigenvalue weighted by atomic mass is 16.5. The van der Waals surface area contributed by atoms with Crippen molar-refractivity contribution in [3.05, 3.63) is 22.5 Å². The van der Waals surface area contributed by atoms with Crippen LogP contribution in [0, 0.1) is 12.8 Å². The number of hydrogen-bond acceptors (Lipinski definition) is 5. The minimum atomic E-state index is 0.0236. The topological polar surface area (TPSA) is 88.3 Å². The quantitative estimate of drug-likeness (QED) is 0.844. The summed E-state index contributed by atoms with van der Waals surface area (Å²) < 4.78 is 5.33. The summed E-state index contributed by atoms with van der Waals surface area (Å²) in [6.45, 7) is 3.06. The van der Waals surface area contributed by atoms with Gasteiger partial charge in [-0.1, -0.05) is 5.16 Å². The van der Waals surface area contributed by atoms with E-state index in [2.05, 4.69) is 15.5 Å². The van der Waals surface area contributed by atoms with Gasteiger partial charge in [0.05, 0.1) is 22.7 Å². The van der Waals surface area contributed by atoms with E-state index >= 15 is 0 Å². The van der Waals surface area contributed by atoms with Crippen molar-refractivity contribution < 1.29 is 14.1 Å². The van der Waals surface area contributed by atoms with E-state index in [0.29, 0.717) is 30.9 Å². The molecule has 2 aliphatic heterocycles. The van der Waals surface area contributed by atoms with Gasteiger partial charge in [0, 0.05) is 31.1 Å². The molecule has 2 amide bonds. The fourth-order valence-electron chi connectivity index (χ4n) is 4.42. The lowest BCUT2D eigenvalue weighted by Gasteiger charge is -2.19. The van der Waals surface area contributed by atoms with Crippen LogP contribution in [0.3, 0.4) is 0 Å². The lowest BCUT2D eigenvalue weighted by atomic mass is 10.0. The number of aryl methyl sites for hydroxylation is 2. The van der Waals surface area contributed by atoms with Crippen LogP contribution >= 0.6 is 0 Å². The van der Waals surface area contributed by atoms with Gasteiger partial charge >= 0.3 is 0 Å². The van der Waals surface area contributed by atoms with Gasteiger partial charge in [-0.25, -0.2) is 4.98 Å². The summed E-state index contributed by atoms with van der Waals surface area (Å²) in [5, 5.41) is 7.73. The number of nitrogens with one attached hydrogen (secondary N) is 1. The lowest BCUT2D eigenvalue weighted by Crippen LogP contribution is -2.36. The molecule has 2 fully saturated rings. The number of amides is 2. The van der Waals surface area contributed by atoms with Gasteiger partial charge in [-0.3, -0.25) is 9.59 Å². The van der Waals surface area contributed by atoms with Crippen LogP contribution in [0.25, 0.3) is 11.1 Å². The largest absolute Gasteiger partial charge is 0.351 e. The van der Waals surface area contributed by atoms with E-state index in [1.54, 1.807) is 0 Å². The number of nitrogens with zero attached hydrogens (tertiary/aromatic N) is 3. The molecule has 2 aromatic rings. The molecule has 0 bridgehead atoms. The molecule has 5 rings (SSSR count). The number of pyridine rings is 1. The van der Waals surface area contributed by atoms with Crippen LogP contribution in [0.2, 0.25) is 0 Å². The molecule has 1 aliphatic carbocycles. The third-order valence-corrected chi connectivity index (χ3v) is 5.56. The molecular formula is C17H18N4O3. The van der Waals surface area contributed by atoms with E-state index in [9.17, 15) is 9.59 Å². The molecule has 2 atom stereocenters. The molecule has 0 unspecified atom stereocenters. The highest BCUT2D eigenvalue weighted by Crippen LogP contribution is 2.34. The Labute approximate surface area is 138 Å². The van der Waals surface area contributed by atoms with Crippen molar-refractivity contribution in [3.8, 4) is 0 Å². The van der Waals surface area contributed by atoms with Crippen LogP contribution in [0.1, 0.15) is 40.2 Å². The molecule has 0 radical (unpaired) electrons. The maximum atomic E-state index is 13.3. The summed E-state index contributed by atoms with van der Waals surface area (Å²) in [4.78, 5) is 31.2. The van der Waals surface area contributed by atoms with E-state index in [1.165, 1.54) is 0 Å². The summed E-state index contributed by atoms with van der Waals surface area (Å²) in [5.74, 6) is 0.352. The SMILES string of the molecule is Cc1noc2nc3c(c(C(=O)N4C[C@@H]5CC(=O)N[C@@H]5C4)c12)CCC3. The average molecular weight is 326 g/mol. The van der Waals surface area contributed by atoms with Crippen molar-refractivity contribution in [2.45, 2.75) is 38.6 Å². The molecular weight excluding hydrogens is 308 g/mol. The van der Waals surface area contributed by atoms with Gasteiger partial charge in [0.25, 0.3) is 11.6 Å². The highest BCUT2D eigenvalue weighted by Gasteiger charge is 2.42. The molecule has 7 nitrogen and oxygen atoms in total. The zero-order valence-corrected chi connectivity index (χ0v) is 13.5. The number of aromatic nitrogens is 2. The van der Waals surface area contributed by atoms with Gasteiger partial charge < -0.3 is 14.7 Å².